The maximum atomic E-state index is 12.6. The minimum Gasteiger partial charge on any atom is -0.373 e. The highest BCUT2D eigenvalue weighted by Crippen LogP contribution is 2.25. The summed E-state index contributed by atoms with van der Waals surface area (Å²) in [5.41, 5.74) is 0.539. The molecule has 0 bridgehead atoms. The van der Waals surface area contributed by atoms with Crippen LogP contribution < -0.4 is 5.32 Å². The molecule has 20 heavy (non-hydrogen) atoms. The topological polar surface area (TPSA) is 48.5 Å². The van der Waals surface area contributed by atoms with Gasteiger partial charge in [0.1, 0.15) is 5.82 Å². The van der Waals surface area contributed by atoms with Crippen molar-refractivity contribution in [3.63, 3.8) is 0 Å². The van der Waals surface area contributed by atoms with Crippen LogP contribution in [0.15, 0.2) is 12.3 Å². The number of hydrogen-bond acceptors (Lipinski definition) is 4. The van der Waals surface area contributed by atoms with Gasteiger partial charge in [-0.15, -0.1) is 0 Å². The highest BCUT2D eigenvalue weighted by molar-refractivity contribution is 6.33. The first kappa shape index (κ1) is 13.6. The number of amides is 1. The minimum atomic E-state index is 0.0143. The fraction of sp³-hybridized carbons (Fsp3) is 0.571. The number of nitrogens with one attached hydrogen (secondary N) is 1. The smallest absolute Gasteiger partial charge is 0.255 e. The Morgan fingerprint density at radius 1 is 1.45 bits per heavy atom. The van der Waals surface area contributed by atoms with Crippen LogP contribution in [-0.2, 0) is 0 Å². The van der Waals surface area contributed by atoms with E-state index in [2.05, 4.69) is 15.2 Å². The van der Waals surface area contributed by atoms with Gasteiger partial charge in [-0.1, -0.05) is 11.6 Å². The molecule has 1 unspecified atom stereocenters. The molecule has 0 saturated carbocycles. The van der Waals surface area contributed by atoms with Crippen LogP contribution in [0.3, 0.4) is 0 Å². The monoisotopic (exact) mass is 294 g/mol. The molecule has 1 atom stereocenters. The molecule has 0 radical (unpaired) electrons. The molecule has 1 aromatic heterocycles. The highest BCUT2D eigenvalue weighted by atomic mass is 35.5. The van der Waals surface area contributed by atoms with E-state index in [0.29, 0.717) is 22.4 Å². The molecule has 2 fully saturated rings. The Labute approximate surface area is 123 Å². The molecule has 0 spiro atoms. The average Bonchev–Trinajstić information content (AvgIpc) is 2.94. The van der Waals surface area contributed by atoms with Crippen molar-refractivity contribution in [1.29, 1.82) is 0 Å². The number of carbonyl (C=O) groups excluding carboxylic acids is 1. The molecular formula is C14H19ClN4O. The normalized spacial score (nSPS) is 22.7. The van der Waals surface area contributed by atoms with Crippen LogP contribution in [-0.4, -0.2) is 60.0 Å². The average molecular weight is 295 g/mol. The summed E-state index contributed by atoms with van der Waals surface area (Å²) in [7, 11) is 1.78. The zero-order chi connectivity index (χ0) is 14.1. The number of piperazine rings is 1. The van der Waals surface area contributed by atoms with Gasteiger partial charge in [-0.3, -0.25) is 9.69 Å². The maximum absolute atomic E-state index is 12.6. The number of pyridine rings is 1. The van der Waals surface area contributed by atoms with E-state index in [1.807, 2.05) is 4.90 Å². The van der Waals surface area contributed by atoms with Crippen LogP contribution in [0.25, 0.3) is 0 Å². The summed E-state index contributed by atoms with van der Waals surface area (Å²) >= 11 is 6.13. The number of fused-ring (bicyclic) bond motifs is 1. The SMILES string of the molecule is CNc1cc(C(=O)N2CCN3CCCC3C2)c(Cl)cn1. The minimum absolute atomic E-state index is 0.0143. The molecule has 2 aliphatic heterocycles. The lowest BCUT2D eigenvalue weighted by Crippen LogP contribution is -2.52. The number of aromatic nitrogens is 1. The fourth-order valence-electron chi connectivity index (χ4n) is 3.09. The fourth-order valence-corrected chi connectivity index (χ4v) is 3.27. The zero-order valence-corrected chi connectivity index (χ0v) is 12.4. The highest BCUT2D eigenvalue weighted by Gasteiger charge is 2.33. The van der Waals surface area contributed by atoms with Crippen molar-refractivity contribution in [1.82, 2.24) is 14.8 Å². The summed E-state index contributed by atoms with van der Waals surface area (Å²) in [6, 6.07) is 2.25. The largest absolute Gasteiger partial charge is 0.373 e. The standard InChI is InChI=1S/C14H19ClN4O/c1-16-13-7-11(12(15)8-17-13)14(20)19-6-5-18-4-2-3-10(18)9-19/h7-8,10H,2-6,9H2,1H3,(H,16,17). The molecule has 3 heterocycles. The van der Waals surface area contributed by atoms with Gasteiger partial charge in [0.15, 0.2) is 0 Å². The van der Waals surface area contributed by atoms with Gasteiger partial charge in [0.05, 0.1) is 10.6 Å². The van der Waals surface area contributed by atoms with E-state index in [9.17, 15) is 4.79 Å². The van der Waals surface area contributed by atoms with Crippen molar-refractivity contribution in [3.8, 4) is 0 Å². The molecule has 1 aromatic rings. The number of carbonyl (C=O) groups is 1. The van der Waals surface area contributed by atoms with E-state index < -0.39 is 0 Å². The van der Waals surface area contributed by atoms with E-state index in [1.165, 1.54) is 25.6 Å². The van der Waals surface area contributed by atoms with Crippen LogP contribution in [0.1, 0.15) is 23.2 Å². The zero-order valence-electron chi connectivity index (χ0n) is 11.6. The molecular weight excluding hydrogens is 276 g/mol. The Bertz CT molecular complexity index is 522. The predicted octanol–water partition coefficient (Wildman–Crippen LogP) is 1.70. The van der Waals surface area contributed by atoms with Gasteiger partial charge >= 0.3 is 0 Å². The second-order valence-corrected chi connectivity index (χ2v) is 5.79. The first-order valence-corrected chi connectivity index (χ1v) is 7.43. The van der Waals surface area contributed by atoms with Gasteiger partial charge in [0.25, 0.3) is 5.91 Å². The Balaban J connectivity index is 1.78. The Kier molecular flexibility index (Phi) is 3.81. The summed E-state index contributed by atoms with van der Waals surface area (Å²) in [6.07, 6.45) is 3.97. The van der Waals surface area contributed by atoms with Crippen molar-refractivity contribution in [2.45, 2.75) is 18.9 Å². The van der Waals surface area contributed by atoms with Gasteiger partial charge in [-0.25, -0.2) is 4.98 Å². The molecule has 6 heteroatoms. The second kappa shape index (κ2) is 5.58. The molecule has 108 valence electrons. The first-order chi connectivity index (χ1) is 9.69. The Morgan fingerprint density at radius 3 is 3.10 bits per heavy atom. The summed E-state index contributed by atoms with van der Waals surface area (Å²) < 4.78 is 0. The maximum Gasteiger partial charge on any atom is 0.255 e. The van der Waals surface area contributed by atoms with E-state index in [0.717, 1.165) is 19.6 Å². The van der Waals surface area contributed by atoms with Crippen LogP contribution in [0.4, 0.5) is 5.82 Å². The molecule has 0 aliphatic carbocycles. The third-order valence-corrected chi connectivity index (χ3v) is 4.52. The van der Waals surface area contributed by atoms with Crippen LogP contribution in [0.5, 0.6) is 0 Å². The van der Waals surface area contributed by atoms with E-state index >= 15 is 0 Å². The number of rotatable bonds is 2. The molecule has 2 saturated heterocycles. The number of halogens is 1. The lowest BCUT2D eigenvalue weighted by Gasteiger charge is -2.37. The Morgan fingerprint density at radius 2 is 2.30 bits per heavy atom. The van der Waals surface area contributed by atoms with Crippen molar-refractivity contribution in [2.24, 2.45) is 0 Å². The van der Waals surface area contributed by atoms with Crippen molar-refractivity contribution in [2.75, 3.05) is 38.5 Å². The van der Waals surface area contributed by atoms with Crippen molar-refractivity contribution < 1.29 is 4.79 Å². The third-order valence-electron chi connectivity index (χ3n) is 4.22. The van der Waals surface area contributed by atoms with Gasteiger partial charge in [0, 0.05) is 38.9 Å². The number of anilines is 1. The quantitative estimate of drug-likeness (QED) is 0.902. The van der Waals surface area contributed by atoms with Gasteiger partial charge in [0.2, 0.25) is 0 Å². The van der Waals surface area contributed by atoms with Gasteiger partial charge in [-0.05, 0) is 25.5 Å². The molecule has 5 nitrogen and oxygen atoms in total. The molecule has 0 aromatic carbocycles. The molecule has 1 N–H and O–H groups in total. The lowest BCUT2D eigenvalue weighted by atomic mass is 10.1. The molecule has 2 aliphatic rings. The van der Waals surface area contributed by atoms with Crippen LogP contribution >= 0.6 is 11.6 Å². The number of hydrogen-bond donors (Lipinski definition) is 1. The predicted molar refractivity (Wildman–Crippen MR) is 79.3 cm³/mol. The lowest BCUT2D eigenvalue weighted by molar-refractivity contribution is 0.0571. The summed E-state index contributed by atoms with van der Waals surface area (Å²) in [6.45, 7) is 3.74. The second-order valence-electron chi connectivity index (χ2n) is 5.38. The van der Waals surface area contributed by atoms with Crippen molar-refractivity contribution >= 4 is 23.3 Å². The van der Waals surface area contributed by atoms with E-state index in [-0.39, 0.29) is 5.91 Å². The number of nitrogens with zero attached hydrogens (tertiary/aromatic N) is 3. The first-order valence-electron chi connectivity index (χ1n) is 7.05. The van der Waals surface area contributed by atoms with Crippen LogP contribution in [0, 0.1) is 0 Å². The van der Waals surface area contributed by atoms with E-state index in [1.54, 1.807) is 13.1 Å². The summed E-state index contributed by atoms with van der Waals surface area (Å²) in [5, 5.41) is 3.36. The van der Waals surface area contributed by atoms with E-state index in [4.69, 9.17) is 11.6 Å². The third kappa shape index (κ3) is 2.47. The molecule has 1 amide bonds. The van der Waals surface area contributed by atoms with Crippen LogP contribution in [0.2, 0.25) is 5.02 Å². The molecule has 3 rings (SSSR count). The van der Waals surface area contributed by atoms with Gasteiger partial charge < -0.3 is 10.2 Å². The van der Waals surface area contributed by atoms with Gasteiger partial charge in [-0.2, -0.15) is 0 Å². The Hall–Kier alpha value is -1.33. The van der Waals surface area contributed by atoms with Crippen molar-refractivity contribution in [3.05, 3.63) is 22.8 Å². The summed E-state index contributed by atoms with van der Waals surface area (Å²) in [4.78, 5) is 21.2. The summed E-state index contributed by atoms with van der Waals surface area (Å²) in [5.74, 6) is 0.678.